The second-order valence-electron chi connectivity index (χ2n) is 2.79. The first-order chi connectivity index (χ1) is 6.65. The lowest BCUT2D eigenvalue weighted by Gasteiger charge is -2.02. The van der Waals surface area contributed by atoms with Crippen LogP contribution in [0.4, 0.5) is 8.78 Å². The molecule has 0 heterocycles. The highest BCUT2D eigenvalue weighted by Gasteiger charge is 2.10. The van der Waals surface area contributed by atoms with Gasteiger partial charge in [-0.05, 0) is 6.07 Å². The molecule has 1 rings (SSSR count). The van der Waals surface area contributed by atoms with Crippen molar-refractivity contribution in [1.82, 2.24) is 0 Å². The fraction of sp³-hybridized carbons (Fsp3) is 0.300. The van der Waals surface area contributed by atoms with E-state index in [0.717, 1.165) is 0 Å². The number of rotatable bonds is 4. The standard InChI is InChI=1S/C10H9BrF2O/c11-5-4-9(14)7-2-1-3-8(6-7)10(12)13/h1-3,6,10H,4-5H2. The van der Waals surface area contributed by atoms with Gasteiger partial charge in [0.15, 0.2) is 5.78 Å². The van der Waals surface area contributed by atoms with Crippen molar-refractivity contribution in [2.45, 2.75) is 12.8 Å². The van der Waals surface area contributed by atoms with E-state index in [1.165, 1.54) is 18.2 Å². The van der Waals surface area contributed by atoms with Crippen LogP contribution in [0.5, 0.6) is 0 Å². The number of carbonyl (C=O) groups is 1. The highest BCUT2D eigenvalue weighted by atomic mass is 79.9. The van der Waals surface area contributed by atoms with E-state index in [1.54, 1.807) is 6.07 Å². The van der Waals surface area contributed by atoms with E-state index in [1.807, 2.05) is 0 Å². The summed E-state index contributed by atoms with van der Waals surface area (Å²) in [4.78, 5) is 11.3. The maximum atomic E-state index is 12.3. The Kier molecular flexibility index (Phi) is 4.20. The number of benzene rings is 1. The lowest BCUT2D eigenvalue weighted by atomic mass is 10.1. The van der Waals surface area contributed by atoms with Crippen molar-refractivity contribution in [3.05, 3.63) is 35.4 Å². The third kappa shape index (κ3) is 2.87. The van der Waals surface area contributed by atoms with E-state index in [9.17, 15) is 13.6 Å². The number of ketones is 1. The fourth-order valence-electron chi connectivity index (χ4n) is 1.08. The SMILES string of the molecule is O=C(CCBr)c1cccc(C(F)F)c1. The van der Waals surface area contributed by atoms with Gasteiger partial charge in [0, 0.05) is 22.9 Å². The molecule has 0 N–H and O–H groups in total. The van der Waals surface area contributed by atoms with E-state index < -0.39 is 6.43 Å². The fourth-order valence-corrected chi connectivity index (χ4v) is 1.44. The first-order valence-electron chi connectivity index (χ1n) is 4.12. The summed E-state index contributed by atoms with van der Waals surface area (Å²) in [5.74, 6) is -0.121. The summed E-state index contributed by atoms with van der Waals surface area (Å²) in [5, 5.41) is 0.546. The molecule has 0 amide bonds. The summed E-state index contributed by atoms with van der Waals surface area (Å²) in [6.45, 7) is 0. The molecule has 0 aliphatic carbocycles. The lowest BCUT2D eigenvalue weighted by molar-refractivity contribution is 0.0989. The van der Waals surface area contributed by atoms with Crippen LogP contribution in [0.3, 0.4) is 0 Å². The maximum absolute atomic E-state index is 12.3. The summed E-state index contributed by atoms with van der Waals surface area (Å²) >= 11 is 3.13. The summed E-state index contributed by atoms with van der Waals surface area (Å²) < 4.78 is 24.6. The van der Waals surface area contributed by atoms with Crippen molar-refractivity contribution in [2.24, 2.45) is 0 Å². The quantitative estimate of drug-likeness (QED) is 0.599. The number of alkyl halides is 3. The molecule has 1 nitrogen and oxygen atoms in total. The largest absolute Gasteiger partial charge is 0.294 e. The van der Waals surface area contributed by atoms with Crippen molar-refractivity contribution in [1.29, 1.82) is 0 Å². The van der Waals surface area contributed by atoms with E-state index in [2.05, 4.69) is 15.9 Å². The molecule has 0 saturated carbocycles. The summed E-state index contributed by atoms with van der Waals surface area (Å²) in [5.41, 5.74) is 0.243. The molecule has 1 aromatic carbocycles. The molecule has 14 heavy (non-hydrogen) atoms. The Hall–Kier alpha value is -0.770. The minimum Gasteiger partial charge on any atom is -0.294 e. The van der Waals surface area contributed by atoms with Crippen LogP contribution in [-0.4, -0.2) is 11.1 Å². The Morgan fingerprint density at radius 2 is 2.14 bits per heavy atom. The zero-order valence-corrected chi connectivity index (χ0v) is 8.93. The average Bonchev–Trinajstić information content (AvgIpc) is 2.18. The molecule has 0 radical (unpaired) electrons. The first kappa shape index (κ1) is 11.3. The summed E-state index contributed by atoms with van der Waals surface area (Å²) in [6, 6.07) is 5.59. The Morgan fingerprint density at radius 3 is 2.71 bits per heavy atom. The highest BCUT2D eigenvalue weighted by Crippen LogP contribution is 2.20. The predicted octanol–water partition coefficient (Wildman–Crippen LogP) is 3.59. The number of carbonyl (C=O) groups excluding carboxylic acids is 1. The first-order valence-corrected chi connectivity index (χ1v) is 5.24. The predicted molar refractivity (Wildman–Crippen MR) is 54.1 cm³/mol. The highest BCUT2D eigenvalue weighted by molar-refractivity contribution is 9.09. The Morgan fingerprint density at radius 1 is 1.43 bits per heavy atom. The van der Waals surface area contributed by atoms with Gasteiger partial charge in [-0.3, -0.25) is 4.79 Å². The van der Waals surface area contributed by atoms with Gasteiger partial charge >= 0.3 is 0 Å². The van der Waals surface area contributed by atoms with Crippen LogP contribution in [0, 0.1) is 0 Å². The Balaban J connectivity index is 2.88. The van der Waals surface area contributed by atoms with Gasteiger partial charge < -0.3 is 0 Å². The van der Waals surface area contributed by atoms with Gasteiger partial charge in [0.1, 0.15) is 0 Å². The summed E-state index contributed by atoms with van der Waals surface area (Å²) in [6.07, 6.45) is -2.20. The monoisotopic (exact) mass is 262 g/mol. The summed E-state index contributed by atoms with van der Waals surface area (Å²) in [7, 11) is 0. The van der Waals surface area contributed by atoms with Crippen LogP contribution >= 0.6 is 15.9 Å². The molecule has 0 fully saturated rings. The second-order valence-corrected chi connectivity index (χ2v) is 3.58. The molecule has 0 saturated heterocycles. The van der Waals surface area contributed by atoms with Crippen LogP contribution in [-0.2, 0) is 0 Å². The minimum atomic E-state index is -2.52. The molecule has 0 aliphatic heterocycles. The molecule has 0 bridgehead atoms. The molecule has 1 aromatic rings. The van der Waals surface area contributed by atoms with Crippen LogP contribution in [0.25, 0.3) is 0 Å². The Bertz CT molecular complexity index is 326. The molecule has 4 heteroatoms. The van der Waals surface area contributed by atoms with Gasteiger partial charge in [0.25, 0.3) is 6.43 Å². The van der Waals surface area contributed by atoms with Crippen molar-refractivity contribution in [3.8, 4) is 0 Å². The second kappa shape index (κ2) is 5.20. The molecule has 0 spiro atoms. The van der Waals surface area contributed by atoms with Crippen LogP contribution in [0.15, 0.2) is 24.3 Å². The number of Topliss-reactive ketones (excluding diaryl/α,β-unsaturated/α-hetero) is 1. The van der Waals surface area contributed by atoms with Gasteiger partial charge in [0.2, 0.25) is 0 Å². The van der Waals surface area contributed by atoms with Crippen molar-refractivity contribution in [3.63, 3.8) is 0 Å². The van der Waals surface area contributed by atoms with Gasteiger partial charge in [-0.25, -0.2) is 8.78 Å². The molecule has 0 aliphatic rings. The van der Waals surface area contributed by atoms with E-state index >= 15 is 0 Å². The molecule has 0 atom stereocenters. The molecule has 0 unspecified atom stereocenters. The maximum Gasteiger partial charge on any atom is 0.263 e. The van der Waals surface area contributed by atoms with Gasteiger partial charge in [-0.2, -0.15) is 0 Å². The molecule has 0 aromatic heterocycles. The van der Waals surface area contributed by atoms with Gasteiger partial charge in [-0.15, -0.1) is 0 Å². The zero-order valence-electron chi connectivity index (χ0n) is 7.34. The van der Waals surface area contributed by atoms with E-state index in [0.29, 0.717) is 17.3 Å². The average molecular weight is 263 g/mol. The third-order valence-corrected chi connectivity index (χ3v) is 2.18. The minimum absolute atomic E-state index is 0.106. The van der Waals surface area contributed by atoms with Crippen LogP contribution < -0.4 is 0 Å². The number of hydrogen-bond acceptors (Lipinski definition) is 1. The topological polar surface area (TPSA) is 17.1 Å². The molecular formula is C10H9BrF2O. The van der Waals surface area contributed by atoms with Crippen molar-refractivity contribution in [2.75, 3.05) is 5.33 Å². The van der Waals surface area contributed by atoms with Gasteiger partial charge in [-0.1, -0.05) is 34.1 Å². The lowest BCUT2D eigenvalue weighted by Crippen LogP contribution is -2.00. The van der Waals surface area contributed by atoms with E-state index in [-0.39, 0.29) is 11.3 Å². The van der Waals surface area contributed by atoms with Crippen molar-refractivity contribution < 1.29 is 13.6 Å². The normalized spacial score (nSPS) is 10.6. The van der Waals surface area contributed by atoms with Gasteiger partial charge in [0.05, 0.1) is 0 Å². The Labute approximate surface area is 89.3 Å². The van der Waals surface area contributed by atoms with E-state index in [4.69, 9.17) is 0 Å². The van der Waals surface area contributed by atoms with Crippen LogP contribution in [0.1, 0.15) is 28.8 Å². The van der Waals surface area contributed by atoms with Crippen LogP contribution in [0.2, 0.25) is 0 Å². The molecular weight excluding hydrogens is 254 g/mol. The molecule has 76 valence electrons. The van der Waals surface area contributed by atoms with Crippen molar-refractivity contribution >= 4 is 21.7 Å². The zero-order chi connectivity index (χ0) is 10.6. The smallest absolute Gasteiger partial charge is 0.263 e. The number of hydrogen-bond donors (Lipinski definition) is 0. The number of halogens is 3. The third-order valence-electron chi connectivity index (χ3n) is 1.78.